The lowest BCUT2D eigenvalue weighted by Gasteiger charge is -2.03. The molecule has 0 bridgehead atoms. The molecule has 56 valence electrons. The lowest BCUT2D eigenvalue weighted by Crippen LogP contribution is -2.18. The second-order valence-corrected chi connectivity index (χ2v) is 2.94. The van der Waals surface area contributed by atoms with Crippen LogP contribution in [0.1, 0.15) is 19.8 Å². The molecule has 0 aliphatic carbocycles. The summed E-state index contributed by atoms with van der Waals surface area (Å²) in [6.45, 7) is 6.58. The summed E-state index contributed by atoms with van der Waals surface area (Å²) in [5.41, 5.74) is 1.10. The fourth-order valence-corrected chi connectivity index (χ4v) is 1.26. The zero-order valence-electron chi connectivity index (χ0n) is 6.31. The van der Waals surface area contributed by atoms with Crippen LogP contribution in [0, 0.1) is 5.92 Å². The zero-order valence-corrected chi connectivity index (χ0v) is 6.31. The molecular weight excluding hydrogens is 126 g/mol. The molecular formula is C8H13NO. The highest BCUT2D eigenvalue weighted by Gasteiger charge is 2.23. The smallest absolute Gasteiger partial charge is 0.223 e. The lowest BCUT2D eigenvalue weighted by molar-refractivity contribution is -0.122. The summed E-state index contributed by atoms with van der Waals surface area (Å²) in [6, 6.07) is 0. The summed E-state index contributed by atoms with van der Waals surface area (Å²) in [5.74, 6) is 0.403. The van der Waals surface area contributed by atoms with Crippen molar-refractivity contribution in [3.05, 3.63) is 12.2 Å². The highest BCUT2D eigenvalue weighted by molar-refractivity contribution is 5.80. The van der Waals surface area contributed by atoms with Crippen LogP contribution in [0.4, 0.5) is 0 Å². The molecule has 2 heteroatoms. The normalized spacial score (nSPS) is 24.5. The standard InChI is InChI=1S/C8H13NO/c1-6(2)5-7-3-4-9-8(7)10/h7H,1,3-5H2,2H3,(H,9,10)/t7-/m0/s1. The van der Waals surface area contributed by atoms with E-state index in [1.807, 2.05) is 6.92 Å². The van der Waals surface area contributed by atoms with Gasteiger partial charge < -0.3 is 5.32 Å². The van der Waals surface area contributed by atoms with E-state index in [1.54, 1.807) is 0 Å². The van der Waals surface area contributed by atoms with E-state index >= 15 is 0 Å². The largest absolute Gasteiger partial charge is 0.356 e. The maximum Gasteiger partial charge on any atom is 0.223 e. The first-order chi connectivity index (χ1) is 4.70. The van der Waals surface area contributed by atoms with Gasteiger partial charge in [-0.05, 0) is 19.8 Å². The van der Waals surface area contributed by atoms with Gasteiger partial charge in [0.15, 0.2) is 0 Å². The molecule has 1 saturated heterocycles. The second kappa shape index (κ2) is 2.86. The van der Waals surface area contributed by atoms with Gasteiger partial charge in [-0.3, -0.25) is 4.79 Å². The van der Waals surface area contributed by atoms with Crippen LogP contribution in [0.2, 0.25) is 0 Å². The zero-order chi connectivity index (χ0) is 7.56. The van der Waals surface area contributed by atoms with Gasteiger partial charge in [-0.2, -0.15) is 0 Å². The molecule has 1 heterocycles. The third-order valence-electron chi connectivity index (χ3n) is 1.76. The summed E-state index contributed by atoms with van der Waals surface area (Å²) in [4.78, 5) is 11.0. The van der Waals surface area contributed by atoms with Crippen molar-refractivity contribution in [3.63, 3.8) is 0 Å². The van der Waals surface area contributed by atoms with E-state index in [-0.39, 0.29) is 11.8 Å². The first-order valence-corrected chi connectivity index (χ1v) is 3.62. The second-order valence-electron chi connectivity index (χ2n) is 2.94. The third kappa shape index (κ3) is 1.59. The molecule has 0 unspecified atom stereocenters. The predicted molar refractivity (Wildman–Crippen MR) is 40.5 cm³/mol. The fourth-order valence-electron chi connectivity index (χ4n) is 1.26. The predicted octanol–water partition coefficient (Wildman–Crippen LogP) is 1.09. The summed E-state index contributed by atoms with van der Waals surface area (Å²) in [7, 11) is 0. The van der Waals surface area contributed by atoms with Crippen molar-refractivity contribution in [3.8, 4) is 0 Å². The van der Waals surface area contributed by atoms with E-state index in [2.05, 4.69) is 11.9 Å². The molecule has 1 rings (SSSR count). The van der Waals surface area contributed by atoms with Crippen LogP contribution in [0.3, 0.4) is 0 Å². The molecule has 2 nitrogen and oxygen atoms in total. The van der Waals surface area contributed by atoms with E-state index < -0.39 is 0 Å². The van der Waals surface area contributed by atoms with Crippen molar-refractivity contribution in [1.82, 2.24) is 5.32 Å². The van der Waals surface area contributed by atoms with E-state index in [0.717, 1.165) is 25.0 Å². The molecule has 0 aromatic carbocycles. The average molecular weight is 139 g/mol. The Kier molecular flexibility index (Phi) is 2.10. The molecule has 1 aliphatic rings. The molecule has 0 spiro atoms. The summed E-state index contributed by atoms with van der Waals surface area (Å²) in [6.07, 6.45) is 1.83. The van der Waals surface area contributed by atoms with Crippen molar-refractivity contribution < 1.29 is 4.79 Å². The molecule has 1 amide bonds. The van der Waals surface area contributed by atoms with Gasteiger partial charge in [0.1, 0.15) is 0 Å². The number of carbonyl (C=O) groups excluding carboxylic acids is 1. The Morgan fingerprint density at radius 3 is 3.00 bits per heavy atom. The van der Waals surface area contributed by atoms with Gasteiger partial charge in [-0.25, -0.2) is 0 Å². The number of hydrogen-bond donors (Lipinski definition) is 1. The van der Waals surface area contributed by atoms with Gasteiger partial charge >= 0.3 is 0 Å². The van der Waals surface area contributed by atoms with E-state index in [1.165, 1.54) is 0 Å². The van der Waals surface area contributed by atoms with Gasteiger partial charge in [0.05, 0.1) is 0 Å². The Labute approximate surface area is 61.3 Å². The van der Waals surface area contributed by atoms with E-state index in [0.29, 0.717) is 0 Å². The average Bonchev–Trinajstić information content (AvgIpc) is 2.15. The first-order valence-electron chi connectivity index (χ1n) is 3.62. The minimum atomic E-state index is 0.197. The van der Waals surface area contributed by atoms with Gasteiger partial charge in [-0.15, -0.1) is 6.58 Å². The van der Waals surface area contributed by atoms with E-state index in [4.69, 9.17) is 0 Å². The van der Waals surface area contributed by atoms with Crippen molar-refractivity contribution in [2.45, 2.75) is 19.8 Å². The molecule has 0 radical (unpaired) electrons. The lowest BCUT2D eigenvalue weighted by atomic mass is 10.0. The maximum absolute atomic E-state index is 11.0. The van der Waals surface area contributed by atoms with Crippen LogP contribution < -0.4 is 5.32 Å². The first kappa shape index (κ1) is 7.32. The maximum atomic E-state index is 11.0. The van der Waals surface area contributed by atoms with Crippen LogP contribution >= 0.6 is 0 Å². The Bertz CT molecular complexity index is 163. The van der Waals surface area contributed by atoms with Gasteiger partial charge in [-0.1, -0.05) is 5.57 Å². The molecule has 1 fully saturated rings. The van der Waals surface area contributed by atoms with Crippen molar-refractivity contribution in [2.24, 2.45) is 5.92 Å². The number of nitrogens with one attached hydrogen (secondary N) is 1. The summed E-state index contributed by atoms with van der Waals surface area (Å²) < 4.78 is 0. The Morgan fingerprint density at radius 2 is 2.60 bits per heavy atom. The van der Waals surface area contributed by atoms with Gasteiger partial charge in [0, 0.05) is 12.5 Å². The van der Waals surface area contributed by atoms with Crippen LogP contribution in [0.25, 0.3) is 0 Å². The molecule has 0 aromatic rings. The monoisotopic (exact) mass is 139 g/mol. The minimum absolute atomic E-state index is 0.197. The topological polar surface area (TPSA) is 29.1 Å². The van der Waals surface area contributed by atoms with Crippen LogP contribution in [-0.4, -0.2) is 12.5 Å². The minimum Gasteiger partial charge on any atom is -0.356 e. The quantitative estimate of drug-likeness (QED) is 0.570. The number of amides is 1. The Hall–Kier alpha value is -0.790. The summed E-state index contributed by atoms with van der Waals surface area (Å²) >= 11 is 0. The van der Waals surface area contributed by atoms with Gasteiger partial charge in [0.25, 0.3) is 0 Å². The highest BCUT2D eigenvalue weighted by Crippen LogP contribution is 2.17. The van der Waals surface area contributed by atoms with Gasteiger partial charge in [0.2, 0.25) is 5.91 Å². The van der Waals surface area contributed by atoms with Crippen molar-refractivity contribution in [1.29, 1.82) is 0 Å². The molecule has 1 N–H and O–H groups in total. The Balaban J connectivity index is 2.40. The van der Waals surface area contributed by atoms with Crippen LogP contribution in [-0.2, 0) is 4.79 Å². The SMILES string of the molecule is C=C(C)C[C@@H]1CCNC1=O. The number of hydrogen-bond acceptors (Lipinski definition) is 1. The third-order valence-corrected chi connectivity index (χ3v) is 1.76. The number of rotatable bonds is 2. The van der Waals surface area contributed by atoms with Crippen molar-refractivity contribution >= 4 is 5.91 Å². The summed E-state index contributed by atoms with van der Waals surface area (Å²) in [5, 5.41) is 2.79. The molecule has 10 heavy (non-hydrogen) atoms. The number of carbonyl (C=O) groups is 1. The van der Waals surface area contributed by atoms with Crippen LogP contribution in [0.15, 0.2) is 12.2 Å². The van der Waals surface area contributed by atoms with Crippen molar-refractivity contribution in [2.75, 3.05) is 6.54 Å². The molecule has 0 saturated carbocycles. The molecule has 1 aliphatic heterocycles. The van der Waals surface area contributed by atoms with E-state index in [9.17, 15) is 4.79 Å². The number of allylic oxidation sites excluding steroid dienone is 1. The highest BCUT2D eigenvalue weighted by atomic mass is 16.2. The van der Waals surface area contributed by atoms with Crippen LogP contribution in [0.5, 0.6) is 0 Å². The fraction of sp³-hybridized carbons (Fsp3) is 0.625. The molecule has 0 aromatic heterocycles. The Morgan fingerprint density at radius 1 is 1.90 bits per heavy atom. The molecule has 1 atom stereocenters.